The van der Waals surface area contributed by atoms with E-state index in [0.29, 0.717) is 34.1 Å². The van der Waals surface area contributed by atoms with Crippen LogP contribution < -0.4 is 9.47 Å². The molecule has 0 aliphatic heterocycles. The smallest absolute Gasteiger partial charge is 0.206 e. The van der Waals surface area contributed by atoms with Crippen LogP contribution in [0.2, 0.25) is 0 Å². The van der Waals surface area contributed by atoms with Crippen LogP contribution in [0.25, 0.3) is 10.8 Å². The molecule has 0 fully saturated rings. The van der Waals surface area contributed by atoms with Crippen molar-refractivity contribution in [1.82, 2.24) is 0 Å². The third kappa shape index (κ3) is 6.20. The Bertz CT molecular complexity index is 2030. The zero-order chi connectivity index (χ0) is 30.0. The van der Waals surface area contributed by atoms with Crippen molar-refractivity contribution in [3.05, 3.63) is 156 Å². The van der Waals surface area contributed by atoms with Crippen molar-refractivity contribution in [3.63, 3.8) is 0 Å². The van der Waals surface area contributed by atoms with E-state index < -0.39 is 9.84 Å². The first kappa shape index (κ1) is 27.9. The molecular formula is C37H28O5S. The molecule has 0 aromatic heterocycles. The minimum absolute atomic E-state index is 0.0653. The summed E-state index contributed by atoms with van der Waals surface area (Å²) >= 11 is 0. The van der Waals surface area contributed by atoms with Gasteiger partial charge in [0.2, 0.25) is 9.84 Å². The van der Waals surface area contributed by atoms with Gasteiger partial charge >= 0.3 is 0 Å². The highest BCUT2D eigenvalue weighted by atomic mass is 32.2. The molecule has 6 aromatic carbocycles. The van der Waals surface area contributed by atoms with Crippen molar-refractivity contribution in [2.75, 3.05) is 0 Å². The summed E-state index contributed by atoms with van der Waals surface area (Å²) in [7, 11) is -3.74. The Balaban J connectivity index is 1.11. The molecule has 0 aliphatic rings. The highest BCUT2D eigenvalue weighted by Gasteiger charge is 2.18. The Hall–Kier alpha value is -5.20. The summed E-state index contributed by atoms with van der Waals surface area (Å²) in [6.45, 7) is 4.03. The van der Waals surface area contributed by atoms with Crippen LogP contribution in [0.3, 0.4) is 0 Å². The maximum atomic E-state index is 13.3. The molecule has 0 spiro atoms. The lowest BCUT2D eigenvalue weighted by atomic mass is 10.0. The molecule has 6 aromatic rings. The number of rotatable bonds is 8. The molecule has 0 aliphatic carbocycles. The lowest BCUT2D eigenvalue weighted by Crippen LogP contribution is -2.02. The van der Waals surface area contributed by atoms with Gasteiger partial charge in [-0.1, -0.05) is 59.7 Å². The lowest BCUT2D eigenvalue weighted by molar-refractivity contribution is 0.103. The van der Waals surface area contributed by atoms with Gasteiger partial charge in [0.15, 0.2) is 5.78 Å². The summed E-state index contributed by atoms with van der Waals surface area (Å²) in [5.41, 5.74) is 3.47. The van der Waals surface area contributed by atoms with Gasteiger partial charge in [-0.25, -0.2) is 8.42 Å². The van der Waals surface area contributed by atoms with E-state index in [2.05, 4.69) is 25.1 Å². The lowest BCUT2D eigenvalue weighted by Gasteiger charge is -2.10. The molecule has 0 unspecified atom stereocenters. The number of carbonyl (C=O) groups is 1. The van der Waals surface area contributed by atoms with Crippen molar-refractivity contribution in [2.45, 2.75) is 23.6 Å². The normalized spacial score (nSPS) is 11.3. The highest BCUT2D eigenvalue weighted by molar-refractivity contribution is 7.91. The molecule has 0 radical (unpaired) electrons. The minimum atomic E-state index is -3.74. The maximum Gasteiger partial charge on any atom is 0.206 e. The predicted octanol–water partition coefficient (Wildman–Crippen LogP) is 9.11. The fraction of sp³-hybridized carbons (Fsp3) is 0.0541. The fourth-order valence-corrected chi connectivity index (χ4v) is 6.00. The molecule has 0 N–H and O–H groups in total. The largest absolute Gasteiger partial charge is 0.457 e. The van der Waals surface area contributed by atoms with E-state index in [0.717, 1.165) is 16.3 Å². The van der Waals surface area contributed by atoms with E-state index in [1.165, 1.54) is 17.7 Å². The minimum Gasteiger partial charge on any atom is -0.457 e. The van der Waals surface area contributed by atoms with E-state index in [1.807, 2.05) is 49.4 Å². The first-order valence-corrected chi connectivity index (χ1v) is 15.3. The average molecular weight is 585 g/mol. The van der Waals surface area contributed by atoms with Crippen LogP contribution in [0.5, 0.6) is 23.0 Å². The topological polar surface area (TPSA) is 69.7 Å². The van der Waals surface area contributed by atoms with E-state index in [9.17, 15) is 13.2 Å². The van der Waals surface area contributed by atoms with E-state index >= 15 is 0 Å². The number of hydrogen-bond acceptors (Lipinski definition) is 5. The molecule has 43 heavy (non-hydrogen) atoms. The summed E-state index contributed by atoms with van der Waals surface area (Å²) in [4.78, 5) is 13.0. The number of fused-ring (bicyclic) bond motifs is 1. The molecule has 0 saturated heterocycles. The molecule has 0 atom stereocenters. The van der Waals surface area contributed by atoms with Crippen molar-refractivity contribution in [1.29, 1.82) is 0 Å². The predicted molar refractivity (Wildman–Crippen MR) is 168 cm³/mol. The number of hydrogen-bond donors (Lipinski definition) is 0. The second-order valence-corrected chi connectivity index (χ2v) is 12.3. The Kier molecular flexibility index (Phi) is 7.53. The summed E-state index contributed by atoms with van der Waals surface area (Å²) < 4.78 is 38.4. The molecule has 212 valence electrons. The van der Waals surface area contributed by atoms with Gasteiger partial charge in [0, 0.05) is 11.1 Å². The highest BCUT2D eigenvalue weighted by Crippen LogP contribution is 2.30. The van der Waals surface area contributed by atoms with Crippen LogP contribution in [-0.4, -0.2) is 14.2 Å². The SMILES string of the molecule is Cc1ccc(C(=O)c2ccc(Oc3ccc(S(=O)(=O)c4ccc(Oc5ccc6cc(C)ccc6c5)cc4)cc3)cc2)cc1. The van der Waals surface area contributed by atoms with Crippen molar-refractivity contribution in [2.24, 2.45) is 0 Å². The summed E-state index contributed by atoms with van der Waals surface area (Å²) in [6.07, 6.45) is 0. The molecule has 0 bridgehead atoms. The van der Waals surface area contributed by atoms with Gasteiger partial charge in [-0.05, 0) is 110 Å². The van der Waals surface area contributed by atoms with E-state index in [1.54, 1.807) is 60.7 Å². The molecule has 5 nitrogen and oxygen atoms in total. The Labute approximate surface area is 250 Å². The van der Waals surface area contributed by atoms with Gasteiger partial charge < -0.3 is 9.47 Å². The van der Waals surface area contributed by atoms with Crippen LogP contribution in [0.1, 0.15) is 27.0 Å². The summed E-state index contributed by atoms with van der Waals surface area (Å²) in [5.74, 6) is 2.17. The number of aryl methyl sites for hydroxylation is 2. The number of sulfone groups is 1. The molecule has 6 rings (SSSR count). The van der Waals surface area contributed by atoms with Crippen molar-refractivity contribution < 1.29 is 22.7 Å². The van der Waals surface area contributed by atoms with Gasteiger partial charge in [-0.2, -0.15) is 0 Å². The third-order valence-corrected chi connectivity index (χ3v) is 8.92. The first-order chi connectivity index (χ1) is 20.7. The summed E-state index contributed by atoms with van der Waals surface area (Å²) in [6, 6.07) is 39.0. The zero-order valence-electron chi connectivity index (χ0n) is 23.7. The number of benzene rings is 6. The molecule has 0 amide bonds. The molecule has 6 heteroatoms. The number of carbonyl (C=O) groups excluding carboxylic acids is 1. The standard InChI is InChI=1S/C37H28O5S/c1-25-3-6-27(7-4-25)37(38)28-9-12-31(13-10-28)41-32-15-19-35(20-16-32)43(39,40)36-21-17-33(18-22-36)42-34-14-11-29-23-26(2)5-8-30(29)24-34/h3-24H,1-2H3. The van der Waals surface area contributed by atoms with E-state index in [-0.39, 0.29) is 15.6 Å². The van der Waals surface area contributed by atoms with Crippen LogP contribution in [0, 0.1) is 13.8 Å². The van der Waals surface area contributed by atoms with Gasteiger partial charge in [-0.3, -0.25) is 4.79 Å². The van der Waals surface area contributed by atoms with Crippen molar-refractivity contribution >= 4 is 26.4 Å². The quantitative estimate of drug-likeness (QED) is 0.167. The van der Waals surface area contributed by atoms with Gasteiger partial charge in [0.05, 0.1) is 9.79 Å². The number of ketones is 1. The van der Waals surface area contributed by atoms with Crippen LogP contribution in [0.4, 0.5) is 0 Å². The second kappa shape index (κ2) is 11.6. The molecule has 0 saturated carbocycles. The van der Waals surface area contributed by atoms with E-state index in [4.69, 9.17) is 9.47 Å². The summed E-state index contributed by atoms with van der Waals surface area (Å²) in [5, 5.41) is 2.20. The average Bonchev–Trinajstić information content (AvgIpc) is 3.02. The van der Waals surface area contributed by atoms with Crippen LogP contribution in [0.15, 0.2) is 143 Å². The van der Waals surface area contributed by atoms with Gasteiger partial charge in [0.1, 0.15) is 23.0 Å². The second-order valence-electron chi connectivity index (χ2n) is 10.4. The zero-order valence-corrected chi connectivity index (χ0v) is 24.5. The molecule has 0 heterocycles. The maximum absolute atomic E-state index is 13.3. The Morgan fingerprint density at radius 3 is 1.42 bits per heavy atom. The van der Waals surface area contributed by atoms with Gasteiger partial charge in [0.25, 0.3) is 0 Å². The number of ether oxygens (including phenoxy) is 2. The van der Waals surface area contributed by atoms with Gasteiger partial charge in [-0.15, -0.1) is 0 Å². The van der Waals surface area contributed by atoms with Crippen LogP contribution in [-0.2, 0) is 9.84 Å². The van der Waals surface area contributed by atoms with Crippen molar-refractivity contribution in [3.8, 4) is 23.0 Å². The Morgan fingerprint density at radius 2 is 0.860 bits per heavy atom. The first-order valence-electron chi connectivity index (χ1n) is 13.8. The molecular weight excluding hydrogens is 556 g/mol. The fourth-order valence-electron chi connectivity index (χ4n) is 4.73. The third-order valence-electron chi connectivity index (χ3n) is 7.14. The van der Waals surface area contributed by atoms with Crippen LogP contribution >= 0.6 is 0 Å². The Morgan fingerprint density at radius 1 is 0.465 bits per heavy atom. The monoisotopic (exact) mass is 584 g/mol.